The lowest BCUT2D eigenvalue weighted by atomic mass is 10.0. The molecule has 0 aromatic rings. The van der Waals surface area contributed by atoms with Crippen LogP contribution in [0.2, 0.25) is 12.1 Å². The van der Waals surface area contributed by atoms with E-state index in [1.165, 1.54) is 0 Å². The highest BCUT2D eigenvalue weighted by atomic mass is 28.3. The van der Waals surface area contributed by atoms with E-state index < -0.39 is 39.2 Å². The molecule has 2 nitrogen and oxygen atoms in total. The van der Waals surface area contributed by atoms with E-state index in [-0.39, 0.29) is 20.2 Å². The van der Waals surface area contributed by atoms with Gasteiger partial charge in [-0.15, -0.1) is 0 Å². The summed E-state index contributed by atoms with van der Waals surface area (Å²) in [7, 11) is -1.46. The number of halogens is 9. The molecule has 0 fully saturated rings. The van der Waals surface area contributed by atoms with Crippen molar-refractivity contribution >= 4 is 40.5 Å². The minimum absolute atomic E-state index is 0.0139. The molecule has 0 N–H and O–H groups in total. The van der Waals surface area contributed by atoms with Gasteiger partial charge < -0.3 is 8.23 Å². The molecule has 0 aliphatic heterocycles. The topological polar surface area (TPSA) is 18.5 Å². The first kappa shape index (κ1) is 24.4. The van der Waals surface area contributed by atoms with E-state index in [4.69, 9.17) is 4.12 Å². The number of hydrogen-bond donors (Lipinski definition) is 0. The molecule has 0 spiro atoms. The lowest BCUT2D eigenvalue weighted by molar-refractivity contribution is -0.396. The third kappa shape index (κ3) is 5.36. The van der Waals surface area contributed by atoms with Crippen molar-refractivity contribution in [2.75, 3.05) is 0 Å². The second-order valence-corrected chi connectivity index (χ2v) is 11.0. The molecule has 1 unspecified atom stereocenters. The Kier molecular flexibility index (Phi) is 9.83. The van der Waals surface area contributed by atoms with Crippen molar-refractivity contribution < 1.29 is 47.7 Å². The lowest BCUT2D eigenvalue weighted by Crippen LogP contribution is -2.62. The van der Waals surface area contributed by atoms with Crippen molar-refractivity contribution in [1.82, 2.24) is 0 Å². The molecule has 0 aliphatic rings. The van der Waals surface area contributed by atoms with Crippen molar-refractivity contribution in [3.8, 4) is 0 Å². The summed E-state index contributed by atoms with van der Waals surface area (Å²) in [4.78, 5) is 0. The lowest BCUT2D eigenvalue weighted by Gasteiger charge is -2.36. The van der Waals surface area contributed by atoms with Crippen LogP contribution in [-0.4, -0.2) is 64.4 Å². The van der Waals surface area contributed by atoms with Gasteiger partial charge in [-0.2, -0.15) is 39.5 Å². The Labute approximate surface area is 132 Å². The Bertz CT molecular complexity index is 324. The normalized spacial score (nSPS) is 16.5. The Morgan fingerprint density at radius 1 is 0.818 bits per heavy atom. The zero-order valence-corrected chi connectivity index (χ0v) is 19.0. The van der Waals surface area contributed by atoms with Crippen LogP contribution in [0.4, 0.5) is 39.5 Å². The van der Waals surface area contributed by atoms with Crippen LogP contribution in [-0.2, 0) is 8.23 Å². The van der Waals surface area contributed by atoms with Crippen LogP contribution in [0.5, 0.6) is 0 Å². The van der Waals surface area contributed by atoms with Gasteiger partial charge in [0.25, 0.3) is 0 Å². The maximum Gasteiger partial charge on any atom is 0.460 e. The smallest absolute Gasteiger partial charge is 0.460 e. The van der Waals surface area contributed by atoms with Crippen LogP contribution in [0.15, 0.2) is 0 Å². The summed E-state index contributed by atoms with van der Waals surface area (Å²) in [5.74, 6) is -18.8. The minimum atomic E-state index is -6.81. The quantitative estimate of drug-likeness (QED) is 0.450. The van der Waals surface area contributed by atoms with E-state index in [1.807, 2.05) is 0 Å². The van der Waals surface area contributed by atoms with E-state index in [9.17, 15) is 39.5 Å². The van der Waals surface area contributed by atoms with Gasteiger partial charge in [-0.25, -0.2) is 0 Å². The number of hydrogen-bond acceptors (Lipinski definition) is 2. The highest BCUT2D eigenvalue weighted by Crippen LogP contribution is 2.56. The Balaban J connectivity index is 0. The fourth-order valence-electron chi connectivity index (χ4n) is 1.05. The minimum Gasteiger partial charge on any atom is -0.468 e. The molecule has 0 amide bonds. The van der Waals surface area contributed by atoms with Crippen molar-refractivity contribution in [3.05, 3.63) is 0 Å². The predicted octanol–water partition coefficient (Wildman–Crippen LogP) is 0.0591. The summed E-state index contributed by atoms with van der Waals surface area (Å²) in [6, 6.07) is 0. The molecule has 0 heterocycles. The zero-order valence-electron chi connectivity index (χ0n) is 12.2. The van der Waals surface area contributed by atoms with Gasteiger partial charge in [0.2, 0.25) is 0 Å². The monoisotopic (exact) mass is 416 g/mol. The summed E-state index contributed by atoms with van der Waals surface area (Å²) in [5, 5.41) is 0. The third-order valence-corrected chi connectivity index (χ3v) is 7.15. The fraction of sp³-hybridized carbons (Fsp3) is 1.00. The van der Waals surface area contributed by atoms with Gasteiger partial charge in [0.1, 0.15) is 30.7 Å². The first-order valence-electron chi connectivity index (χ1n) is 5.83. The first-order chi connectivity index (χ1) is 9.65. The molecule has 1 atom stereocenters. The average molecular weight is 417 g/mol. The largest absolute Gasteiger partial charge is 0.468 e. The van der Waals surface area contributed by atoms with E-state index >= 15 is 0 Å². The second-order valence-electron chi connectivity index (χ2n) is 4.20. The van der Waals surface area contributed by atoms with Gasteiger partial charge >= 0.3 is 23.9 Å². The molecule has 0 radical (unpaired) electrons. The summed E-state index contributed by atoms with van der Waals surface area (Å²) in [6.07, 6.45) is -6.76. The van der Waals surface area contributed by atoms with E-state index in [2.05, 4.69) is 10.7 Å². The van der Waals surface area contributed by atoms with Crippen LogP contribution in [0.3, 0.4) is 0 Å². The molecule has 22 heavy (non-hydrogen) atoms. The van der Waals surface area contributed by atoms with Crippen LogP contribution in [0.1, 0.15) is 6.92 Å². The first-order valence-corrected chi connectivity index (χ1v) is 10.8. The zero-order chi connectivity index (χ0) is 18.4. The van der Waals surface area contributed by atoms with Gasteiger partial charge in [-0.05, 0) is 0 Å². The van der Waals surface area contributed by atoms with Crippen LogP contribution >= 0.6 is 0 Å². The van der Waals surface area contributed by atoms with Crippen LogP contribution < -0.4 is 0 Å². The standard InChI is InChI=1S/C6H9F9OSi2.CH8OSi2/c1-2(18-16-17)3(7,8)4(9,10)5(11,12)6(13,14)15;1-4-2-3/h2H,18H2,1,17H3;4H2,1,3H3. The maximum atomic E-state index is 13.0. The van der Waals surface area contributed by atoms with Crippen molar-refractivity contribution in [2.45, 2.75) is 43.0 Å². The molecular formula is C7H17F9O2Si4. The predicted molar refractivity (Wildman–Crippen MR) is 75.3 cm³/mol. The Hall–Kier alpha value is 0.158. The van der Waals surface area contributed by atoms with Gasteiger partial charge in [0.05, 0.1) is 0 Å². The van der Waals surface area contributed by atoms with Gasteiger partial charge in [-0.3, -0.25) is 0 Å². The highest BCUT2D eigenvalue weighted by Gasteiger charge is 2.82. The van der Waals surface area contributed by atoms with Crippen molar-refractivity contribution in [1.29, 1.82) is 0 Å². The van der Waals surface area contributed by atoms with E-state index in [1.54, 1.807) is 0 Å². The maximum absolute atomic E-state index is 13.0. The summed E-state index contributed by atoms with van der Waals surface area (Å²) < 4.78 is 121. The summed E-state index contributed by atoms with van der Waals surface area (Å²) >= 11 is 0. The molecule has 0 aromatic heterocycles. The third-order valence-electron chi connectivity index (χ3n) is 2.49. The van der Waals surface area contributed by atoms with E-state index in [0.29, 0.717) is 6.92 Å². The van der Waals surface area contributed by atoms with Crippen molar-refractivity contribution in [3.63, 3.8) is 0 Å². The van der Waals surface area contributed by atoms with Crippen molar-refractivity contribution in [2.24, 2.45) is 0 Å². The van der Waals surface area contributed by atoms with Gasteiger partial charge in [-0.1, -0.05) is 13.5 Å². The number of rotatable bonds is 6. The number of alkyl halides is 9. The van der Waals surface area contributed by atoms with Gasteiger partial charge in [0, 0.05) is 5.54 Å². The Morgan fingerprint density at radius 2 is 1.18 bits per heavy atom. The fourth-order valence-corrected chi connectivity index (χ4v) is 3.52. The second kappa shape index (κ2) is 8.86. The summed E-state index contributed by atoms with van der Waals surface area (Å²) in [6.45, 7) is 2.59. The summed E-state index contributed by atoms with van der Waals surface area (Å²) in [5.41, 5.74) is -2.35. The Morgan fingerprint density at radius 3 is 1.41 bits per heavy atom. The molecule has 0 aromatic carbocycles. The molecule has 136 valence electrons. The molecule has 0 bridgehead atoms. The molecule has 0 saturated heterocycles. The molecule has 0 aliphatic carbocycles. The molecule has 15 heteroatoms. The highest BCUT2D eigenvalue weighted by molar-refractivity contribution is 6.36. The average Bonchev–Trinajstić information content (AvgIpc) is 2.37. The van der Waals surface area contributed by atoms with E-state index in [0.717, 1.165) is 10.5 Å². The SMILES string of the molecule is CC([SiH2]O[SiH3])C(F)(F)C(F)(F)C(F)(F)C(F)(F)F.C[SiH2]O[SiH3]. The molecule has 0 rings (SSSR count). The molecular weight excluding hydrogens is 399 g/mol. The van der Waals surface area contributed by atoms with Crippen LogP contribution in [0.25, 0.3) is 0 Å². The van der Waals surface area contributed by atoms with Gasteiger partial charge in [0.15, 0.2) is 9.76 Å². The van der Waals surface area contributed by atoms with Crippen LogP contribution in [0, 0.1) is 0 Å². The molecule has 0 saturated carbocycles.